The van der Waals surface area contributed by atoms with E-state index in [2.05, 4.69) is 0 Å². The minimum Gasteiger partial charge on any atom is -0.480 e. The molecule has 0 aliphatic heterocycles. The summed E-state index contributed by atoms with van der Waals surface area (Å²) >= 11 is 0. The lowest BCUT2D eigenvalue weighted by Crippen LogP contribution is -2.36. The Labute approximate surface area is 119 Å². The zero-order valence-electron chi connectivity index (χ0n) is 10.5. The quantitative estimate of drug-likeness (QED) is 0.832. The molecule has 0 aliphatic rings. The summed E-state index contributed by atoms with van der Waals surface area (Å²) in [5, 5.41) is 8.65. The number of aliphatic carboxylic acids is 1. The normalized spacial score (nSPS) is 12.1. The predicted molar refractivity (Wildman–Crippen MR) is 66.7 cm³/mol. The number of carboxylic acid groups (broad SMARTS) is 1. The third-order valence-electron chi connectivity index (χ3n) is 2.40. The predicted octanol–water partition coefficient (Wildman–Crippen LogP) is 1.41. The van der Waals surface area contributed by atoms with Crippen LogP contribution >= 0.6 is 0 Å². The van der Waals surface area contributed by atoms with E-state index in [1.54, 1.807) is 0 Å². The second-order valence-electron chi connectivity index (χ2n) is 3.89. The van der Waals surface area contributed by atoms with E-state index in [9.17, 15) is 26.4 Å². The van der Waals surface area contributed by atoms with Crippen LogP contribution in [-0.2, 0) is 21.0 Å². The summed E-state index contributed by atoms with van der Waals surface area (Å²) in [6.07, 6.45) is 0.368. The summed E-state index contributed by atoms with van der Waals surface area (Å²) < 4.78 is 61.9. The Morgan fingerprint density at radius 3 is 2.19 bits per heavy atom. The maximum absolute atomic E-state index is 12.4. The van der Waals surface area contributed by atoms with Gasteiger partial charge >= 0.3 is 12.1 Å². The van der Waals surface area contributed by atoms with Gasteiger partial charge in [0.2, 0.25) is 10.0 Å². The van der Waals surface area contributed by atoms with Crippen LogP contribution in [0.5, 0.6) is 0 Å². The van der Waals surface area contributed by atoms with Crippen LogP contribution in [0.25, 0.3) is 0 Å². The minimum absolute atomic E-state index is 0.466. The van der Waals surface area contributed by atoms with Crippen molar-refractivity contribution in [2.75, 3.05) is 13.1 Å². The summed E-state index contributed by atoms with van der Waals surface area (Å²) in [4.78, 5) is 10.2. The second kappa shape index (κ2) is 6.15. The maximum atomic E-state index is 12.4. The van der Waals surface area contributed by atoms with Gasteiger partial charge in [-0.25, -0.2) is 8.42 Å². The fourth-order valence-corrected chi connectivity index (χ4v) is 2.75. The molecule has 0 radical (unpaired) electrons. The number of terminal acetylenes is 1. The van der Waals surface area contributed by atoms with E-state index in [1.165, 1.54) is 0 Å². The van der Waals surface area contributed by atoms with Crippen LogP contribution in [0.2, 0.25) is 0 Å². The first-order chi connectivity index (χ1) is 9.59. The number of sulfonamides is 1. The number of rotatable bonds is 5. The fourth-order valence-electron chi connectivity index (χ4n) is 1.44. The first kappa shape index (κ1) is 17.0. The number of hydrogen-bond donors (Lipinski definition) is 1. The van der Waals surface area contributed by atoms with E-state index >= 15 is 0 Å². The highest BCUT2D eigenvalue weighted by molar-refractivity contribution is 7.89. The second-order valence-corrected chi connectivity index (χ2v) is 5.83. The minimum atomic E-state index is -4.60. The average Bonchev–Trinajstić information content (AvgIpc) is 2.37. The molecule has 0 heterocycles. The first-order valence-electron chi connectivity index (χ1n) is 5.41. The SMILES string of the molecule is C#CCN(CC(=O)O)S(=O)(=O)c1ccc(C(F)(F)F)cc1. The molecule has 9 heteroatoms. The molecule has 0 spiro atoms. The molecule has 1 aromatic rings. The highest BCUT2D eigenvalue weighted by Crippen LogP contribution is 2.30. The molecule has 0 saturated heterocycles. The van der Waals surface area contributed by atoms with Gasteiger partial charge in [0.15, 0.2) is 0 Å². The van der Waals surface area contributed by atoms with Crippen LogP contribution in [0, 0.1) is 12.3 Å². The molecule has 1 rings (SSSR count). The molecule has 0 amide bonds. The molecule has 0 aliphatic carbocycles. The van der Waals surface area contributed by atoms with Gasteiger partial charge in [-0.05, 0) is 24.3 Å². The smallest absolute Gasteiger partial charge is 0.416 e. The Balaban J connectivity index is 3.17. The molecule has 114 valence electrons. The number of hydrogen-bond acceptors (Lipinski definition) is 3. The zero-order valence-corrected chi connectivity index (χ0v) is 11.3. The van der Waals surface area contributed by atoms with Crippen LogP contribution in [0.4, 0.5) is 13.2 Å². The van der Waals surface area contributed by atoms with Crippen molar-refractivity contribution in [3.8, 4) is 12.3 Å². The van der Waals surface area contributed by atoms with E-state index in [0.29, 0.717) is 16.4 Å². The lowest BCUT2D eigenvalue weighted by molar-refractivity contribution is -0.138. The van der Waals surface area contributed by atoms with Crippen LogP contribution in [0.15, 0.2) is 29.2 Å². The molecule has 0 aromatic heterocycles. The van der Waals surface area contributed by atoms with E-state index in [0.717, 1.165) is 12.1 Å². The number of halogens is 3. The monoisotopic (exact) mass is 321 g/mol. The molecule has 0 saturated carbocycles. The van der Waals surface area contributed by atoms with Crippen molar-refractivity contribution in [2.45, 2.75) is 11.1 Å². The van der Waals surface area contributed by atoms with Crippen LogP contribution in [0.1, 0.15) is 5.56 Å². The third kappa shape index (κ3) is 4.21. The van der Waals surface area contributed by atoms with Crippen molar-refractivity contribution in [1.82, 2.24) is 4.31 Å². The highest BCUT2D eigenvalue weighted by Gasteiger charge is 2.31. The molecule has 1 aromatic carbocycles. The van der Waals surface area contributed by atoms with E-state index < -0.39 is 45.7 Å². The molecule has 5 nitrogen and oxygen atoms in total. The largest absolute Gasteiger partial charge is 0.480 e. The van der Waals surface area contributed by atoms with Crippen molar-refractivity contribution in [2.24, 2.45) is 0 Å². The number of carboxylic acids is 1. The highest BCUT2D eigenvalue weighted by atomic mass is 32.2. The average molecular weight is 321 g/mol. The molecule has 0 atom stereocenters. The number of alkyl halides is 3. The summed E-state index contributed by atoms with van der Waals surface area (Å²) in [5.41, 5.74) is -1.01. The summed E-state index contributed by atoms with van der Waals surface area (Å²) in [7, 11) is -4.28. The van der Waals surface area contributed by atoms with Crippen LogP contribution in [0.3, 0.4) is 0 Å². The summed E-state index contributed by atoms with van der Waals surface area (Å²) in [5.74, 6) is 0.558. The summed E-state index contributed by atoms with van der Waals surface area (Å²) in [6.45, 7) is -1.39. The Kier molecular flexibility index (Phi) is 4.98. The Hall–Kier alpha value is -2.05. The van der Waals surface area contributed by atoms with Crippen LogP contribution < -0.4 is 0 Å². The lowest BCUT2D eigenvalue weighted by Gasteiger charge is -2.18. The Morgan fingerprint density at radius 1 is 1.29 bits per heavy atom. The van der Waals surface area contributed by atoms with Gasteiger partial charge in [-0.3, -0.25) is 4.79 Å². The molecule has 0 bridgehead atoms. The van der Waals surface area contributed by atoms with Crippen molar-refractivity contribution >= 4 is 16.0 Å². The van der Waals surface area contributed by atoms with E-state index in [4.69, 9.17) is 11.5 Å². The van der Waals surface area contributed by atoms with Crippen molar-refractivity contribution < 1.29 is 31.5 Å². The van der Waals surface area contributed by atoms with Crippen molar-refractivity contribution in [1.29, 1.82) is 0 Å². The van der Waals surface area contributed by atoms with E-state index in [-0.39, 0.29) is 0 Å². The topological polar surface area (TPSA) is 74.7 Å². The maximum Gasteiger partial charge on any atom is 0.416 e. The van der Waals surface area contributed by atoms with E-state index in [1.807, 2.05) is 5.92 Å². The van der Waals surface area contributed by atoms with Gasteiger partial charge in [-0.15, -0.1) is 6.42 Å². The lowest BCUT2D eigenvalue weighted by atomic mass is 10.2. The summed E-state index contributed by atoms with van der Waals surface area (Å²) in [6, 6.07) is 2.70. The zero-order chi connectivity index (χ0) is 16.3. The van der Waals surface area contributed by atoms with Gasteiger partial charge in [-0.2, -0.15) is 17.5 Å². The third-order valence-corrected chi connectivity index (χ3v) is 4.20. The Bertz CT molecular complexity index is 659. The standard InChI is InChI=1S/C12H10F3NO4S/c1-2-7-16(8-11(17)18)21(19,20)10-5-3-9(4-6-10)12(13,14)15/h1,3-6H,7-8H2,(H,17,18). The molecular formula is C12H10F3NO4S. The van der Waals surface area contributed by atoms with Gasteiger partial charge in [0.1, 0.15) is 6.54 Å². The fraction of sp³-hybridized carbons (Fsp3) is 0.250. The van der Waals surface area contributed by atoms with Gasteiger partial charge in [0.05, 0.1) is 17.0 Å². The molecule has 1 N–H and O–H groups in total. The molecule has 0 fully saturated rings. The number of benzene rings is 1. The van der Waals surface area contributed by atoms with Crippen LogP contribution in [-0.4, -0.2) is 36.9 Å². The van der Waals surface area contributed by atoms with Crippen molar-refractivity contribution in [3.63, 3.8) is 0 Å². The van der Waals surface area contributed by atoms with Gasteiger partial charge in [0.25, 0.3) is 0 Å². The van der Waals surface area contributed by atoms with Gasteiger partial charge in [0, 0.05) is 0 Å². The Morgan fingerprint density at radius 2 is 1.81 bits per heavy atom. The molecule has 0 unspecified atom stereocenters. The number of carbonyl (C=O) groups is 1. The van der Waals surface area contributed by atoms with Gasteiger partial charge < -0.3 is 5.11 Å². The first-order valence-corrected chi connectivity index (χ1v) is 6.85. The number of nitrogens with zero attached hydrogens (tertiary/aromatic N) is 1. The van der Waals surface area contributed by atoms with Gasteiger partial charge in [-0.1, -0.05) is 5.92 Å². The molecular weight excluding hydrogens is 311 g/mol. The molecule has 21 heavy (non-hydrogen) atoms. The van der Waals surface area contributed by atoms with Crippen molar-refractivity contribution in [3.05, 3.63) is 29.8 Å².